The third kappa shape index (κ3) is 8.23. The molecule has 0 atom stereocenters. The Balaban J connectivity index is 1.65. The lowest BCUT2D eigenvalue weighted by Crippen LogP contribution is -2.48. The van der Waals surface area contributed by atoms with Crippen molar-refractivity contribution in [3.05, 3.63) is 30.6 Å². The summed E-state index contributed by atoms with van der Waals surface area (Å²) in [7, 11) is 3.93. The zero-order valence-electron chi connectivity index (χ0n) is 24.7. The molecule has 0 aliphatic heterocycles. The maximum Gasteiger partial charge on any atom is 0.230 e. The van der Waals surface area contributed by atoms with Gasteiger partial charge < -0.3 is 30.9 Å². The van der Waals surface area contributed by atoms with Gasteiger partial charge in [0, 0.05) is 39.3 Å². The highest BCUT2D eigenvalue weighted by atomic mass is 16.5. The molecule has 0 fully saturated rings. The highest BCUT2D eigenvalue weighted by molar-refractivity contribution is 5.49. The van der Waals surface area contributed by atoms with Gasteiger partial charge in [-0.15, -0.1) is 0 Å². The zero-order valence-corrected chi connectivity index (χ0v) is 24.7. The van der Waals surface area contributed by atoms with Crippen LogP contribution in [0, 0.1) is 6.92 Å². The van der Waals surface area contributed by atoms with Crippen molar-refractivity contribution < 1.29 is 4.74 Å². The van der Waals surface area contributed by atoms with Gasteiger partial charge in [-0.25, -0.2) is 29.9 Å². The summed E-state index contributed by atoms with van der Waals surface area (Å²) in [6.45, 7) is 17.3. The predicted octanol–water partition coefficient (Wildman–Crippen LogP) is 3.17. The second-order valence-corrected chi connectivity index (χ2v) is 11.7. The highest BCUT2D eigenvalue weighted by Crippen LogP contribution is 2.24. The summed E-state index contributed by atoms with van der Waals surface area (Å²) >= 11 is 0. The highest BCUT2D eigenvalue weighted by Gasteiger charge is 2.28. The van der Waals surface area contributed by atoms with Crippen LogP contribution in [-0.4, -0.2) is 78.8 Å². The number of aryl methyl sites for hydroxylation is 1. The van der Waals surface area contributed by atoms with E-state index in [0.717, 1.165) is 5.82 Å². The quantitative estimate of drug-likeness (QED) is 0.327. The molecule has 0 unspecified atom stereocenters. The van der Waals surface area contributed by atoms with Gasteiger partial charge in [-0.3, -0.25) is 0 Å². The molecule has 0 amide bonds. The molecule has 4 N–H and O–H groups in total. The Bertz CT molecular complexity index is 1240. The first kappa shape index (κ1) is 29.5. The molecule has 3 heterocycles. The Hall–Kier alpha value is -4.03. The molecular weight excluding hydrogens is 496 g/mol. The molecule has 39 heavy (non-hydrogen) atoms. The van der Waals surface area contributed by atoms with Gasteiger partial charge in [0.2, 0.25) is 17.8 Å². The molecule has 0 saturated carbocycles. The lowest BCUT2D eigenvalue weighted by molar-refractivity contribution is 0.124. The summed E-state index contributed by atoms with van der Waals surface area (Å²) in [4.78, 5) is 34.7. The van der Waals surface area contributed by atoms with Crippen LogP contribution in [0.5, 0.6) is 5.88 Å². The number of likely N-dealkylation sites (N-methyl/N-ethyl adjacent to an activating group) is 2. The zero-order chi connectivity index (χ0) is 29.0. The van der Waals surface area contributed by atoms with Crippen molar-refractivity contribution in [1.29, 1.82) is 0 Å². The second-order valence-electron chi connectivity index (χ2n) is 11.7. The molecule has 3 aromatic rings. The Morgan fingerprint density at radius 1 is 0.795 bits per heavy atom. The Morgan fingerprint density at radius 3 is 2.10 bits per heavy atom. The van der Waals surface area contributed by atoms with E-state index in [2.05, 4.69) is 78.1 Å². The van der Waals surface area contributed by atoms with Crippen LogP contribution in [0.3, 0.4) is 0 Å². The lowest BCUT2D eigenvalue weighted by Gasteiger charge is -2.37. The fraction of sp³-hybridized carbons (Fsp3) is 0.577. The van der Waals surface area contributed by atoms with Gasteiger partial charge in [-0.1, -0.05) is 0 Å². The molecule has 0 aliphatic carbocycles. The Morgan fingerprint density at radius 2 is 1.44 bits per heavy atom. The summed E-state index contributed by atoms with van der Waals surface area (Å²) in [5.74, 6) is 4.04. The molecule has 0 bridgehead atoms. The standard InChI is InChI=1S/C26H42N12O/c1-17-34-18(27)11-20(35-17)37(9)25(5,6)14-29-22-32-16-33-23(36-22)38(10)26(7,8)13-28-19-12-21(31-15-30-19)39-24(2,3)4/h11-12,15-16H,13-14H2,1-10H3,(H2,27,34,35)(H,28,30,31)(H,29,32,33,36). The molecular formula is C26H42N12O. The second kappa shape index (κ2) is 11.4. The summed E-state index contributed by atoms with van der Waals surface area (Å²) in [6.07, 6.45) is 3.00. The van der Waals surface area contributed by atoms with Crippen molar-refractivity contribution in [2.45, 2.75) is 72.1 Å². The number of hydrogen-bond donors (Lipinski definition) is 3. The summed E-state index contributed by atoms with van der Waals surface area (Å²) in [5, 5.41) is 6.72. The molecule has 3 rings (SSSR count). The van der Waals surface area contributed by atoms with Gasteiger partial charge in [0.25, 0.3) is 0 Å². The van der Waals surface area contributed by atoms with Gasteiger partial charge >= 0.3 is 0 Å². The van der Waals surface area contributed by atoms with Gasteiger partial charge in [-0.2, -0.15) is 4.98 Å². The topological polar surface area (TPSA) is 156 Å². The van der Waals surface area contributed by atoms with Crippen molar-refractivity contribution >= 4 is 29.4 Å². The van der Waals surface area contributed by atoms with Crippen LogP contribution in [0.4, 0.5) is 29.4 Å². The smallest absolute Gasteiger partial charge is 0.230 e. The molecule has 13 heteroatoms. The van der Waals surface area contributed by atoms with E-state index in [1.54, 1.807) is 12.1 Å². The van der Waals surface area contributed by atoms with E-state index < -0.39 is 0 Å². The van der Waals surface area contributed by atoms with E-state index >= 15 is 0 Å². The number of nitrogens with zero attached hydrogens (tertiary/aromatic N) is 9. The lowest BCUT2D eigenvalue weighted by atomic mass is 10.0. The average molecular weight is 539 g/mol. The van der Waals surface area contributed by atoms with Crippen molar-refractivity contribution in [3.63, 3.8) is 0 Å². The molecule has 0 radical (unpaired) electrons. The van der Waals surface area contributed by atoms with E-state index in [1.165, 1.54) is 12.7 Å². The van der Waals surface area contributed by atoms with Crippen LogP contribution in [-0.2, 0) is 0 Å². The third-order valence-corrected chi connectivity index (χ3v) is 6.30. The summed E-state index contributed by atoms with van der Waals surface area (Å²) < 4.78 is 5.85. The number of ether oxygens (including phenoxy) is 1. The Kier molecular flexibility index (Phi) is 8.61. The largest absolute Gasteiger partial charge is 0.472 e. The van der Waals surface area contributed by atoms with Crippen LogP contribution in [0.2, 0.25) is 0 Å². The number of nitrogen functional groups attached to an aromatic ring is 1. The minimum atomic E-state index is -0.362. The molecule has 0 spiro atoms. The molecule has 3 aromatic heterocycles. The average Bonchev–Trinajstić information content (AvgIpc) is 2.84. The van der Waals surface area contributed by atoms with Crippen molar-refractivity contribution in [2.24, 2.45) is 0 Å². The summed E-state index contributed by atoms with van der Waals surface area (Å²) in [6, 6.07) is 3.56. The minimum Gasteiger partial charge on any atom is -0.472 e. The van der Waals surface area contributed by atoms with E-state index in [1.807, 2.05) is 46.7 Å². The normalized spacial score (nSPS) is 12.2. The first-order chi connectivity index (χ1) is 18.1. The molecule has 0 aliphatic rings. The SMILES string of the molecule is Cc1nc(N)cc(N(C)C(C)(C)CNc2ncnc(N(C)C(C)(C)CNc3cc(OC(C)(C)C)ncn3)n2)n1. The molecule has 212 valence electrons. The number of hydrogen-bond acceptors (Lipinski definition) is 13. The van der Waals surface area contributed by atoms with Crippen molar-refractivity contribution in [2.75, 3.05) is 53.4 Å². The third-order valence-electron chi connectivity index (χ3n) is 6.30. The number of aromatic nitrogens is 7. The molecule has 13 nitrogen and oxygen atoms in total. The van der Waals surface area contributed by atoms with Crippen LogP contribution < -0.4 is 30.9 Å². The first-order valence-electron chi connectivity index (χ1n) is 12.8. The van der Waals surface area contributed by atoms with Crippen LogP contribution >= 0.6 is 0 Å². The van der Waals surface area contributed by atoms with E-state index in [9.17, 15) is 0 Å². The minimum absolute atomic E-state index is 0.331. The molecule has 0 aromatic carbocycles. The van der Waals surface area contributed by atoms with Crippen molar-refractivity contribution in [1.82, 2.24) is 34.9 Å². The fourth-order valence-corrected chi connectivity index (χ4v) is 3.51. The maximum atomic E-state index is 5.93. The number of nitrogens with two attached hydrogens (primary N) is 1. The maximum absolute atomic E-state index is 5.93. The Labute approximate surface area is 231 Å². The van der Waals surface area contributed by atoms with E-state index in [0.29, 0.717) is 48.3 Å². The summed E-state index contributed by atoms with van der Waals surface area (Å²) in [5.41, 5.74) is 4.89. The van der Waals surface area contributed by atoms with Crippen molar-refractivity contribution in [3.8, 4) is 5.88 Å². The number of nitrogens with one attached hydrogen (secondary N) is 2. The van der Waals surface area contributed by atoms with Crippen LogP contribution in [0.1, 0.15) is 54.3 Å². The number of rotatable bonds is 11. The predicted molar refractivity (Wildman–Crippen MR) is 155 cm³/mol. The van der Waals surface area contributed by atoms with Gasteiger partial charge in [0.05, 0.1) is 11.1 Å². The monoisotopic (exact) mass is 538 g/mol. The van der Waals surface area contributed by atoms with Crippen LogP contribution in [0.15, 0.2) is 24.8 Å². The van der Waals surface area contributed by atoms with E-state index in [4.69, 9.17) is 10.5 Å². The molecule has 0 saturated heterocycles. The van der Waals surface area contributed by atoms with Crippen LogP contribution in [0.25, 0.3) is 0 Å². The fourth-order valence-electron chi connectivity index (χ4n) is 3.51. The van der Waals surface area contributed by atoms with Gasteiger partial charge in [0.1, 0.15) is 41.5 Å². The van der Waals surface area contributed by atoms with E-state index in [-0.39, 0.29) is 16.7 Å². The first-order valence-corrected chi connectivity index (χ1v) is 12.8. The van der Waals surface area contributed by atoms with Gasteiger partial charge in [0.15, 0.2) is 0 Å². The number of anilines is 5. The van der Waals surface area contributed by atoms with Gasteiger partial charge in [-0.05, 0) is 55.4 Å².